The summed E-state index contributed by atoms with van der Waals surface area (Å²) in [5.41, 5.74) is 3.35. The maximum absolute atomic E-state index is 12.6. The minimum atomic E-state index is 0.0278. The first-order valence-electron chi connectivity index (χ1n) is 9.52. The lowest BCUT2D eigenvalue weighted by molar-refractivity contribution is -0.125. The van der Waals surface area contributed by atoms with E-state index in [1.165, 1.54) is 4.88 Å². The van der Waals surface area contributed by atoms with Gasteiger partial charge in [0.1, 0.15) is 10.8 Å². The number of carbonyl (C=O) groups is 1. The normalized spacial score (nSPS) is 15.7. The summed E-state index contributed by atoms with van der Waals surface area (Å²) < 4.78 is 5.25. The number of rotatable bonds is 6. The molecule has 1 aliphatic rings. The Morgan fingerprint density at radius 1 is 1.32 bits per heavy atom. The monoisotopic (exact) mass is 393 g/mol. The van der Waals surface area contributed by atoms with Crippen LogP contribution in [0.4, 0.5) is 0 Å². The number of fused-ring (bicyclic) bond motifs is 1. The number of nitrogens with zero attached hydrogens (tertiary/aromatic N) is 2. The summed E-state index contributed by atoms with van der Waals surface area (Å²) in [6, 6.07) is 11.9. The number of thiazole rings is 1. The van der Waals surface area contributed by atoms with Crippen molar-refractivity contribution in [2.75, 3.05) is 13.7 Å². The number of benzene rings is 1. The van der Waals surface area contributed by atoms with Crippen molar-refractivity contribution in [3.05, 3.63) is 64.9 Å². The number of carbonyl (C=O) groups excluding carboxylic acids is 1. The molecular formula is C22H23N3O2S. The largest absolute Gasteiger partial charge is 0.497 e. The number of aromatic nitrogens is 2. The van der Waals surface area contributed by atoms with Crippen LogP contribution < -0.4 is 10.1 Å². The Kier molecular flexibility index (Phi) is 5.67. The van der Waals surface area contributed by atoms with Crippen LogP contribution in [0, 0.1) is 5.92 Å². The predicted molar refractivity (Wildman–Crippen MR) is 111 cm³/mol. The number of pyridine rings is 1. The zero-order valence-corrected chi connectivity index (χ0v) is 16.7. The molecule has 144 valence electrons. The van der Waals surface area contributed by atoms with Crippen molar-refractivity contribution in [3.8, 4) is 16.3 Å². The molecule has 1 unspecified atom stereocenters. The van der Waals surface area contributed by atoms with Crippen molar-refractivity contribution in [2.45, 2.75) is 25.7 Å². The summed E-state index contributed by atoms with van der Waals surface area (Å²) in [5.74, 6) is 1.02. The van der Waals surface area contributed by atoms with Gasteiger partial charge < -0.3 is 10.1 Å². The fraction of sp³-hybridized carbons (Fsp3) is 0.318. The predicted octanol–water partition coefficient (Wildman–Crippen LogP) is 3.68. The number of amides is 1. The quantitative estimate of drug-likeness (QED) is 0.694. The van der Waals surface area contributed by atoms with Crippen molar-refractivity contribution >= 4 is 17.2 Å². The number of nitrogens with one attached hydrogen (secondary N) is 1. The smallest absolute Gasteiger partial charge is 0.223 e. The molecule has 3 aromatic rings. The van der Waals surface area contributed by atoms with Crippen LogP contribution in [0.25, 0.3) is 10.6 Å². The van der Waals surface area contributed by atoms with E-state index in [1.807, 2.05) is 36.5 Å². The molecule has 1 aliphatic carbocycles. The lowest BCUT2D eigenvalue weighted by Crippen LogP contribution is -2.35. The summed E-state index contributed by atoms with van der Waals surface area (Å²) in [5, 5.41) is 4.10. The molecule has 0 saturated carbocycles. The average molecular weight is 394 g/mol. The van der Waals surface area contributed by atoms with Crippen molar-refractivity contribution in [3.63, 3.8) is 0 Å². The first-order valence-corrected chi connectivity index (χ1v) is 10.3. The summed E-state index contributed by atoms with van der Waals surface area (Å²) >= 11 is 1.69. The number of methoxy groups -OCH3 is 1. The van der Waals surface area contributed by atoms with Crippen LogP contribution in [-0.2, 0) is 24.1 Å². The minimum Gasteiger partial charge on any atom is -0.497 e. The molecule has 4 rings (SSSR count). The van der Waals surface area contributed by atoms with Gasteiger partial charge >= 0.3 is 0 Å². The molecule has 0 spiro atoms. The van der Waals surface area contributed by atoms with Gasteiger partial charge in [-0.05, 0) is 55.5 Å². The van der Waals surface area contributed by atoms with E-state index in [2.05, 4.69) is 16.4 Å². The van der Waals surface area contributed by atoms with E-state index in [0.717, 1.165) is 53.3 Å². The molecule has 1 aromatic carbocycles. The van der Waals surface area contributed by atoms with Gasteiger partial charge in [0.2, 0.25) is 5.91 Å². The van der Waals surface area contributed by atoms with Gasteiger partial charge in [-0.1, -0.05) is 12.1 Å². The number of hydrogen-bond acceptors (Lipinski definition) is 5. The molecule has 0 aliphatic heterocycles. The maximum atomic E-state index is 12.6. The molecular weight excluding hydrogens is 370 g/mol. The van der Waals surface area contributed by atoms with Crippen LogP contribution in [0.15, 0.2) is 48.8 Å². The number of ether oxygens (including phenoxy) is 1. The average Bonchev–Trinajstić information content (AvgIpc) is 3.18. The second kappa shape index (κ2) is 8.52. The molecule has 6 heteroatoms. The third kappa shape index (κ3) is 4.22. The Balaban J connectivity index is 1.33. The van der Waals surface area contributed by atoms with Crippen LogP contribution in [0.5, 0.6) is 5.75 Å². The van der Waals surface area contributed by atoms with Crippen molar-refractivity contribution in [1.82, 2.24) is 15.3 Å². The lowest BCUT2D eigenvalue weighted by atomic mass is 9.90. The zero-order valence-electron chi connectivity index (χ0n) is 15.9. The molecule has 0 fully saturated rings. The highest BCUT2D eigenvalue weighted by molar-refractivity contribution is 7.15. The fourth-order valence-corrected chi connectivity index (χ4v) is 4.69. The molecule has 0 radical (unpaired) electrons. The zero-order chi connectivity index (χ0) is 19.3. The Labute approximate surface area is 168 Å². The number of hydrogen-bond donors (Lipinski definition) is 1. The molecule has 1 amide bonds. The summed E-state index contributed by atoms with van der Waals surface area (Å²) in [4.78, 5) is 22.8. The highest BCUT2D eigenvalue weighted by Crippen LogP contribution is 2.34. The van der Waals surface area contributed by atoms with Crippen LogP contribution in [0.2, 0.25) is 0 Å². The first-order chi connectivity index (χ1) is 13.7. The van der Waals surface area contributed by atoms with Gasteiger partial charge in [0.25, 0.3) is 0 Å². The van der Waals surface area contributed by atoms with E-state index < -0.39 is 0 Å². The number of aryl methyl sites for hydroxylation is 1. The first kappa shape index (κ1) is 18.6. The second-order valence-corrected chi connectivity index (χ2v) is 8.05. The highest BCUT2D eigenvalue weighted by atomic mass is 32.1. The van der Waals surface area contributed by atoms with E-state index in [-0.39, 0.29) is 11.8 Å². The van der Waals surface area contributed by atoms with Crippen molar-refractivity contribution < 1.29 is 9.53 Å². The van der Waals surface area contributed by atoms with Gasteiger partial charge in [0.05, 0.1) is 12.8 Å². The van der Waals surface area contributed by atoms with Crippen LogP contribution in [-0.4, -0.2) is 29.5 Å². The van der Waals surface area contributed by atoms with E-state index in [1.54, 1.807) is 24.6 Å². The topological polar surface area (TPSA) is 64.1 Å². The molecule has 1 N–H and O–H groups in total. The molecule has 2 aromatic heterocycles. The fourth-order valence-electron chi connectivity index (χ4n) is 3.51. The molecule has 1 atom stereocenters. The lowest BCUT2D eigenvalue weighted by Gasteiger charge is -2.20. The van der Waals surface area contributed by atoms with Crippen LogP contribution in [0.1, 0.15) is 22.6 Å². The van der Waals surface area contributed by atoms with Crippen LogP contribution in [0.3, 0.4) is 0 Å². The maximum Gasteiger partial charge on any atom is 0.223 e. The molecule has 28 heavy (non-hydrogen) atoms. The van der Waals surface area contributed by atoms with Gasteiger partial charge in [-0.25, -0.2) is 4.98 Å². The molecule has 5 nitrogen and oxygen atoms in total. The van der Waals surface area contributed by atoms with Gasteiger partial charge in [-0.2, -0.15) is 0 Å². The van der Waals surface area contributed by atoms with Crippen molar-refractivity contribution in [1.29, 1.82) is 0 Å². The highest BCUT2D eigenvalue weighted by Gasteiger charge is 2.27. The molecule has 2 heterocycles. The van der Waals surface area contributed by atoms with E-state index in [4.69, 9.17) is 9.72 Å². The van der Waals surface area contributed by atoms with Gasteiger partial charge in [0, 0.05) is 35.3 Å². The third-order valence-electron chi connectivity index (χ3n) is 5.07. The Morgan fingerprint density at radius 2 is 2.25 bits per heavy atom. The second-order valence-electron chi connectivity index (χ2n) is 6.96. The standard InChI is InChI=1S/C22H23N3O2S/c1-27-18-6-2-4-15(12-18)9-11-24-21(26)16-7-8-19-20(13-16)28-22(25-19)17-5-3-10-23-14-17/h2-6,10,12,14,16H,7-9,11,13H2,1H3,(H,24,26). The van der Waals surface area contributed by atoms with E-state index >= 15 is 0 Å². The van der Waals surface area contributed by atoms with Crippen LogP contribution >= 0.6 is 11.3 Å². The molecule has 0 saturated heterocycles. The Hall–Kier alpha value is -2.73. The SMILES string of the molecule is COc1cccc(CCNC(=O)C2CCc3nc(-c4cccnc4)sc3C2)c1. The van der Waals surface area contributed by atoms with Crippen molar-refractivity contribution in [2.24, 2.45) is 5.92 Å². The third-order valence-corrected chi connectivity index (χ3v) is 6.24. The molecule has 0 bridgehead atoms. The van der Waals surface area contributed by atoms with E-state index in [0.29, 0.717) is 6.54 Å². The summed E-state index contributed by atoms with van der Waals surface area (Å²) in [7, 11) is 1.66. The van der Waals surface area contributed by atoms with E-state index in [9.17, 15) is 4.79 Å². The van der Waals surface area contributed by atoms with Gasteiger partial charge in [0.15, 0.2) is 0 Å². The Morgan fingerprint density at radius 3 is 3.07 bits per heavy atom. The summed E-state index contributed by atoms with van der Waals surface area (Å²) in [6.07, 6.45) is 6.90. The Bertz CT molecular complexity index is 955. The van der Waals surface area contributed by atoms with Gasteiger partial charge in [-0.15, -0.1) is 11.3 Å². The summed E-state index contributed by atoms with van der Waals surface area (Å²) in [6.45, 7) is 0.638. The minimum absolute atomic E-state index is 0.0278. The van der Waals surface area contributed by atoms with Gasteiger partial charge in [-0.3, -0.25) is 9.78 Å².